The number of nitrogens with two attached hydrogens (primary N) is 1. The Morgan fingerprint density at radius 2 is 1.89 bits per heavy atom. The molecule has 2 heteroatoms. The summed E-state index contributed by atoms with van der Waals surface area (Å²) in [5.74, 6) is 1.75. The molecule has 1 unspecified atom stereocenters. The zero-order chi connectivity index (χ0) is 13.8. The molecule has 0 aliphatic carbocycles. The molecule has 0 radical (unpaired) electrons. The number of hydrogen-bond donors (Lipinski definition) is 1. The van der Waals surface area contributed by atoms with Crippen molar-refractivity contribution in [3.8, 4) is 11.5 Å². The van der Waals surface area contributed by atoms with Gasteiger partial charge in [0.1, 0.15) is 11.5 Å². The monoisotopic (exact) mass is 255 g/mol. The molecule has 0 heterocycles. The third-order valence-corrected chi connectivity index (χ3v) is 3.30. The Morgan fingerprint density at radius 3 is 2.63 bits per heavy atom. The van der Waals surface area contributed by atoms with E-state index in [4.69, 9.17) is 10.5 Å². The fourth-order valence-corrected chi connectivity index (χ4v) is 1.99. The Labute approximate surface area is 115 Å². The summed E-state index contributed by atoms with van der Waals surface area (Å²) in [4.78, 5) is 0. The molecule has 0 fully saturated rings. The molecule has 2 N–H and O–H groups in total. The lowest BCUT2D eigenvalue weighted by Crippen LogP contribution is -2.08. The Kier molecular flexibility index (Phi) is 4.23. The summed E-state index contributed by atoms with van der Waals surface area (Å²) in [7, 11) is 0. The minimum atomic E-state index is 0.0714. The van der Waals surface area contributed by atoms with Gasteiger partial charge in [0.15, 0.2) is 0 Å². The van der Waals surface area contributed by atoms with Crippen LogP contribution in [-0.4, -0.2) is 0 Å². The van der Waals surface area contributed by atoms with Crippen molar-refractivity contribution in [2.45, 2.75) is 33.2 Å². The lowest BCUT2D eigenvalue weighted by Gasteiger charge is -2.13. The van der Waals surface area contributed by atoms with Crippen LogP contribution in [0.25, 0.3) is 0 Å². The molecular weight excluding hydrogens is 234 g/mol. The first kappa shape index (κ1) is 13.6. The lowest BCUT2D eigenvalue weighted by atomic mass is 10.1. The van der Waals surface area contributed by atoms with E-state index >= 15 is 0 Å². The minimum Gasteiger partial charge on any atom is -0.457 e. The first-order valence-electron chi connectivity index (χ1n) is 6.71. The molecule has 19 heavy (non-hydrogen) atoms. The van der Waals surface area contributed by atoms with Crippen molar-refractivity contribution in [3.05, 3.63) is 59.2 Å². The molecular formula is C17H21NO. The molecule has 2 aromatic rings. The highest BCUT2D eigenvalue weighted by atomic mass is 16.5. The van der Waals surface area contributed by atoms with E-state index in [1.165, 1.54) is 5.56 Å². The molecule has 1 atom stereocenters. The van der Waals surface area contributed by atoms with Crippen molar-refractivity contribution in [2.24, 2.45) is 5.73 Å². The highest BCUT2D eigenvalue weighted by Crippen LogP contribution is 2.28. The molecule has 0 aliphatic rings. The third-order valence-electron chi connectivity index (χ3n) is 3.30. The normalized spacial score (nSPS) is 12.2. The van der Waals surface area contributed by atoms with Crippen molar-refractivity contribution >= 4 is 0 Å². The summed E-state index contributed by atoms with van der Waals surface area (Å²) < 4.78 is 5.97. The van der Waals surface area contributed by atoms with Gasteiger partial charge < -0.3 is 10.5 Å². The molecule has 0 saturated carbocycles. The van der Waals surface area contributed by atoms with Crippen LogP contribution in [0.2, 0.25) is 0 Å². The van der Waals surface area contributed by atoms with Gasteiger partial charge >= 0.3 is 0 Å². The summed E-state index contributed by atoms with van der Waals surface area (Å²) in [6.45, 7) is 6.20. The van der Waals surface area contributed by atoms with Crippen molar-refractivity contribution in [3.63, 3.8) is 0 Å². The quantitative estimate of drug-likeness (QED) is 0.872. The van der Waals surface area contributed by atoms with Gasteiger partial charge in [-0.1, -0.05) is 31.2 Å². The molecule has 2 rings (SSSR count). The van der Waals surface area contributed by atoms with E-state index in [9.17, 15) is 0 Å². The van der Waals surface area contributed by atoms with Gasteiger partial charge in [-0.3, -0.25) is 0 Å². The molecule has 0 amide bonds. The maximum atomic E-state index is 6.05. The first-order chi connectivity index (χ1) is 9.10. The second kappa shape index (κ2) is 5.89. The Hall–Kier alpha value is -1.80. The third kappa shape index (κ3) is 3.36. The van der Waals surface area contributed by atoms with Crippen molar-refractivity contribution in [2.75, 3.05) is 0 Å². The Bertz CT molecular complexity index is 563. The van der Waals surface area contributed by atoms with Gasteiger partial charge in [0.25, 0.3) is 0 Å². The van der Waals surface area contributed by atoms with Gasteiger partial charge in [-0.15, -0.1) is 0 Å². The van der Waals surface area contributed by atoms with Gasteiger partial charge in [-0.2, -0.15) is 0 Å². The number of benzene rings is 2. The van der Waals surface area contributed by atoms with Crippen LogP contribution in [-0.2, 0) is 0 Å². The van der Waals surface area contributed by atoms with Crippen LogP contribution >= 0.6 is 0 Å². The maximum Gasteiger partial charge on any atom is 0.130 e. The van der Waals surface area contributed by atoms with Crippen LogP contribution in [0.15, 0.2) is 42.5 Å². The molecule has 2 aromatic carbocycles. The van der Waals surface area contributed by atoms with Crippen LogP contribution in [0, 0.1) is 13.8 Å². The fraction of sp³-hybridized carbons (Fsp3) is 0.294. The summed E-state index contributed by atoms with van der Waals surface area (Å²) in [6.07, 6.45) is 0.924. The van der Waals surface area contributed by atoms with Crippen LogP contribution < -0.4 is 10.5 Å². The van der Waals surface area contributed by atoms with Gasteiger partial charge in [0, 0.05) is 6.04 Å². The summed E-state index contributed by atoms with van der Waals surface area (Å²) >= 11 is 0. The largest absolute Gasteiger partial charge is 0.457 e. The van der Waals surface area contributed by atoms with E-state index in [2.05, 4.69) is 39.0 Å². The molecule has 100 valence electrons. The predicted molar refractivity (Wildman–Crippen MR) is 79.7 cm³/mol. The molecule has 0 saturated heterocycles. The van der Waals surface area contributed by atoms with Gasteiger partial charge in [0.2, 0.25) is 0 Å². The van der Waals surface area contributed by atoms with E-state index < -0.39 is 0 Å². The summed E-state index contributed by atoms with van der Waals surface area (Å²) in [6, 6.07) is 14.3. The standard InChI is InChI=1S/C17H21NO/c1-4-16(18)14-6-5-7-15(11-14)19-17-10-12(2)8-9-13(17)3/h5-11,16H,4,18H2,1-3H3. The second-order valence-corrected chi connectivity index (χ2v) is 4.96. The zero-order valence-electron chi connectivity index (χ0n) is 11.8. The van der Waals surface area contributed by atoms with E-state index in [0.717, 1.165) is 29.0 Å². The highest BCUT2D eigenvalue weighted by Gasteiger charge is 2.06. The smallest absolute Gasteiger partial charge is 0.130 e. The average molecular weight is 255 g/mol. The molecule has 2 nitrogen and oxygen atoms in total. The fourth-order valence-electron chi connectivity index (χ4n) is 1.99. The van der Waals surface area contributed by atoms with Gasteiger partial charge in [-0.25, -0.2) is 0 Å². The van der Waals surface area contributed by atoms with Gasteiger partial charge in [0.05, 0.1) is 0 Å². The predicted octanol–water partition coefficient (Wildman–Crippen LogP) is 4.51. The first-order valence-corrected chi connectivity index (χ1v) is 6.71. The van der Waals surface area contributed by atoms with E-state index in [1.54, 1.807) is 0 Å². The van der Waals surface area contributed by atoms with Crippen LogP contribution in [0.1, 0.15) is 36.1 Å². The number of ether oxygens (including phenoxy) is 1. The number of hydrogen-bond acceptors (Lipinski definition) is 2. The van der Waals surface area contributed by atoms with E-state index in [-0.39, 0.29) is 6.04 Å². The molecule has 0 spiro atoms. The summed E-state index contributed by atoms with van der Waals surface area (Å²) in [5.41, 5.74) is 9.50. The maximum absolute atomic E-state index is 6.05. The van der Waals surface area contributed by atoms with Crippen molar-refractivity contribution in [1.29, 1.82) is 0 Å². The Morgan fingerprint density at radius 1 is 1.11 bits per heavy atom. The highest BCUT2D eigenvalue weighted by molar-refractivity contribution is 5.40. The number of rotatable bonds is 4. The summed E-state index contributed by atoms with van der Waals surface area (Å²) in [5, 5.41) is 0. The number of aryl methyl sites for hydroxylation is 2. The minimum absolute atomic E-state index is 0.0714. The van der Waals surface area contributed by atoms with Gasteiger partial charge in [-0.05, 0) is 55.2 Å². The molecule has 0 aliphatic heterocycles. The van der Waals surface area contributed by atoms with E-state index in [0.29, 0.717) is 0 Å². The lowest BCUT2D eigenvalue weighted by molar-refractivity contribution is 0.477. The molecule has 0 bridgehead atoms. The molecule has 0 aromatic heterocycles. The van der Waals surface area contributed by atoms with Crippen LogP contribution in [0.5, 0.6) is 11.5 Å². The van der Waals surface area contributed by atoms with Crippen LogP contribution in [0.4, 0.5) is 0 Å². The van der Waals surface area contributed by atoms with Crippen molar-refractivity contribution < 1.29 is 4.74 Å². The average Bonchev–Trinajstić information content (AvgIpc) is 2.42. The van der Waals surface area contributed by atoms with E-state index in [1.807, 2.05) is 24.3 Å². The SMILES string of the molecule is CCC(N)c1cccc(Oc2cc(C)ccc2C)c1. The Balaban J connectivity index is 2.26. The van der Waals surface area contributed by atoms with Crippen LogP contribution in [0.3, 0.4) is 0 Å². The van der Waals surface area contributed by atoms with Crippen molar-refractivity contribution in [1.82, 2.24) is 0 Å². The second-order valence-electron chi connectivity index (χ2n) is 4.96. The topological polar surface area (TPSA) is 35.2 Å². The zero-order valence-corrected chi connectivity index (χ0v) is 11.8.